The van der Waals surface area contributed by atoms with Crippen molar-refractivity contribution in [1.29, 1.82) is 5.26 Å². The summed E-state index contributed by atoms with van der Waals surface area (Å²) in [4.78, 5) is 12.9. The zero-order valence-corrected chi connectivity index (χ0v) is 15.9. The molecule has 2 N–H and O–H groups in total. The van der Waals surface area contributed by atoms with Gasteiger partial charge in [-0.15, -0.1) is 0 Å². The van der Waals surface area contributed by atoms with Gasteiger partial charge in [0.15, 0.2) is 0 Å². The van der Waals surface area contributed by atoms with Crippen LogP contribution in [0.15, 0.2) is 60.9 Å². The zero-order chi connectivity index (χ0) is 20.6. The Labute approximate surface area is 166 Å². The van der Waals surface area contributed by atoms with E-state index >= 15 is 0 Å². The minimum atomic E-state index is -1.26. The van der Waals surface area contributed by atoms with E-state index in [1.54, 1.807) is 42.9 Å². The van der Waals surface area contributed by atoms with Crippen molar-refractivity contribution in [2.45, 2.75) is 19.4 Å². The molecule has 0 saturated heterocycles. The molecule has 1 aromatic carbocycles. The van der Waals surface area contributed by atoms with Gasteiger partial charge in [-0.1, -0.05) is 18.2 Å². The minimum Gasteiger partial charge on any atom is -0.384 e. The number of aromatic nitrogens is 4. The molecule has 3 heterocycles. The first-order valence-electron chi connectivity index (χ1n) is 8.94. The number of hydrogen-bond acceptors (Lipinski definition) is 5. The first kappa shape index (κ1) is 18.4. The molecule has 0 aliphatic rings. The van der Waals surface area contributed by atoms with Crippen LogP contribution in [0, 0.1) is 11.3 Å². The number of nitriles is 1. The molecule has 29 heavy (non-hydrogen) atoms. The average Bonchev–Trinajstić information content (AvgIpc) is 3.32. The van der Waals surface area contributed by atoms with Gasteiger partial charge in [0.1, 0.15) is 23.1 Å². The maximum atomic E-state index is 12.9. The molecule has 3 aromatic heterocycles. The van der Waals surface area contributed by atoms with Crippen LogP contribution in [-0.4, -0.2) is 30.4 Å². The number of benzene rings is 1. The molecule has 8 heteroatoms. The molecule has 8 nitrogen and oxygen atoms in total. The lowest BCUT2D eigenvalue weighted by molar-refractivity contribution is 0.0741. The monoisotopic (exact) mass is 386 g/mol. The van der Waals surface area contributed by atoms with Gasteiger partial charge in [0.25, 0.3) is 5.91 Å². The quantitative estimate of drug-likeness (QED) is 0.561. The van der Waals surface area contributed by atoms with Crippen LogP contribution < -0.4 is 5.32 Å². The number of anilines is 1. The molecule has 0 aliphatic heterocycles. The first-order chi connectivity index (χ1) is 13.9. The van der Waals surface area contributed by atoms with E-state index in [1.807, 2.05) is 36.4 Å². The van der Waals surface area contributed by atoms with Crippen LogP contribution in [-0.2, 0) is 5.60 Å². The Morgan fingerprint density at radius 1 is 1.21 bits per heavy atom. The lowest BCUT2D eigenvalue weighted by Crippen LogP contribution is -2.21. The number of carbonyl (C=O) groups excluding carboxylic acids is 1. The molecule has 0 bridgehead atoms. The van der Waals surface area contributed by atoms with Gasteiger partial charge in [0.2, 0.25) is 0 Å². The van der Waals surface area contributed by atoms with Gasteiger partial charge in [-0.2, -0.15) is 15.5 Å². The highest BCUT2D eigenvalue weighted by Gasteiger charge is 2.26. The fraction of sp³-hybridized carbons (Fsp3) is 0.143. The largest absolute Gasteiger partial charge is 0.384 e. The van der Waals surface area contributed by atoms with Crippen LogP contribution in [0.25, 0.3) is 11.2 Å². The molecule has 144 valence electrons. The normalized spacial score (nSPS) is 11.4. The molecule has 0 spiro atoms. The first-order valence-corrected chi connectivity index (χ1v) is 8.94. The van der Waals surface area contributed by atoms with E-state index < -0.39 is 11.5 Å². The Balaban J connectivity index is 1.71. The Morgan fingerprint density at radius 3 is 2.66 bits per heavy atom. The summed E-state index contributed by atoms with van der Waals surface area (Å²) in [6, 6.07) is 16.4. The highest BCUT2D eigenvalue weighted by molar-refractivity contribution is 6.04. The summed E-state index contributed by atoms with van der Waals surface area (Å²) >= 11 is 0. The van der Waals surface area contributed by atoms with Crippen molar-refractivity contribution in [3.63, 3.8) is 0 Å². The van der Waals surface area contributed by atoms with E-state index in [9.17, 15) is 9.90 Å². The summed E-state index contributed by atoms with van der Waals surface area (Å²) in [5.74, 6) is -0.402. The number of para-hydroxylation sites is 1. The standard InChI is InChI=1S/C21H18N6O2/c1-21(2,29)19-17(13-26(25-19)15-6-4-3-5-7-15)24-20(28)18-9-8-16-10-14(11-22)12-23-27(16)18/h3-10,12-13,29H,1-2H3,(H,24,28). The molecule has 0 fully saturated rings. The summed E-state index contributed by atoms with van der Waals surface area (Å²) in [6.07, 6.45) is 3.07. The van der Waals surface area contributed by atoms with Gasteiger partial charge in [-0.3, -0.25) is 4.79 Å². The van der Waals surface area contributed by atoms with E-state index in [1.165, 1.54) is 10.7 Å². The second-order valence-electron chi connectivity index (χ2n) is 7.10. The van der Waals surface area contributed by atoms with Gasteiger partial charge in [0.05, 0.1) is 34.8 Å². The van der Waals surface area contributed by atoms with E-state index in [4.69, 9.17) is 5.26 Å². The topological polar surface area (TPSA) is 108 Å². The third-order valence-electron chi connectivity index (χ3n) is 4.42. The van der Waals surface area contributed by atoms with Crippen molar-refractivity contribution < 1.29 is 9.90 Å². The lowest BCUT2D eigenvalue weighted by atomic mass is 10.0. The summed E-state index contributed by atoms with van der Waals surface area (Å²) in [5, 5.41) is 31.0. The van der Waals surface area contributed by atoms with Crippen molar-refractivity contribution in [3.05, 3.63) is 77.9 Å². The lowest BCUT2D eigenvalue weighted by Gasteiger charge is -2.16. The van der Waals surface area contributed by atoms with E-state index in [0.717, 1.165) is 5.69 Å². The molecule has 0 unspecified atom stereocenters. The number of fused-ring (bicyclic) bond motifs is 1. The maximum absolute atomic E-state index is 12.9. The summed E-state index contributed by atoms with van der Waals surface area (Å²) in [6.45, 7) is 3.22. The molecular formula is C21H18N6O2. The second kappa shape index (κ2) is 6.89. The Hall–Kier alpha value is -3.96. The SMILES string of the molecule is CC(C)(O)c1nn(-c2ccccc2)cc1NC(=O)c1ccc2cc(C#N)cnn12. The van der Waals surface area contributed by atoms with Gasteiger partial charge in [-0.25, -0.2) is 9.20 Å². The molecule has 4 rings (SSSR count). The molecule has 0 radical (unpaired) electrons. The van der Waals surface area contributed by atoms with Crippen LogP contribution >= 0.6 is 0 Å². The Morgan fingerprint density at radius 2 is 1.97 bits per heavy atom. The van der Waals surface area contributed by atoms with Gasteiger partial charge < -0.3 is 10.4 Å². The molecule has 0 saturated carbocycles. The van der Waals surface area contributed by atoms with Crippen molar-refractivity contribution in [2.75, 3.05) is 5.32 Å². The van der Waals surface area contributed by atoms with Gasteiger partial charge in [-0.05, 0) is 44.2 Å². The van der Waals surface area contributed by atoms with Crippen LogP contribution in [0.3, 0.4) is 0 Å². The highest BCUT2D eigenvalue weighted by Crippen LogP contribution is 2.28. The summed E-state index contributed by atoms with van der Waals surface area (Å²) in [5.41, 5.74) is 1.64. The number of hydrogen-bond donors (Lipinski definition) is 2. The van der Waals surface area contributed by atoms with Crippen LogP contribution in [0.2, 0.25) is 0 Å². The maximum Gasteiger partial charge on any atom is 0.274 e. The third kappa shape index (κ3) is 3.47. The fourth-order valence-electron chi connectivity index (χ4n) is 3.05. The molecule has 4 aromatic rings. The second-order valence-corrected chi connectivity index (χ2v) is 7.10. The Bertz CT molecular complexity index is 1240. The number of nitrogens with one attached hydrogen (secondary N) is 1. The summed E-state index contributed by atoms with van der Waals surface area (Å²) in [7, 11) is 0. The zero-order valence-electron chi connectivity index (χ0n) is 15.9. The number of nitrogens with zero attached hydrogens (tertiary/aromatic N) is 5. The van der Waals surface area contributed by atoms with E-state index in [0.29, 0.717) is 28.2 Å². The van der Waals surface area contributed by atoms with Crippen molar-refractivity contribution >= 4 is 17.1 Å². The van der Waals surface area contributed by atoms with Crippen molar-refractivity contribution in [1.82, 2.24) is 19.4 Å². The van der Waals surface area contributed by atoms with Crippen LogP contribution in [0.5, 0.6) is 0 Å². The van der Waals surface area contributed by atoms with Crippen molar-refractivity contribution in [2.24, 2.45) is 0 Å². The fourth-order valence-corrected chi connectivity index (χ4v) is 3.05. The molecular weight excluding hydrogens is 368 g/mol. The highest BCUT2D eigenvalue weighted by atomic mass is 16.3. The number of carbonyl (C=O) groups is 1. The molecule has 0 atom stereocenters. The average molecular weight is 386 g/mol. The molecule has 1 amide bonds. The third-order valence-corrected chi connectivity index (χ3v) is 4.42. The van der Waals surface area contributed by atoms with Crippen molar-refractivity contribution in [3.8, 4) is 11.8 Å². The molecule has 0 aliphatic carbocycles. The van der Waals surface area contributed by atoms with Gasteiger partial charge >= 0.3 is 0 Å². The smallest absolute Gasteiger partial charge is 0.274 e. The summed E-state index contributed by atoms with van der Waals surface area (Å²) < 4.78 is 3.07. The van der Waals surface area contributed by atoms with Crippen LogP contribution in [0.1, 0.15) is 35.6 Å². The number of rotatable bonds is 4. The van der Waals surface area contributed by atoms with Gasteiger partial charge in [0, 0.05) is 0 Å². The number of aliphatic hydroxyl groups is 1. The predicted octanol–water partition coefficient (Wildman–Crippen LogP) is 2.87. The van der Waals surface area contributed by atoms with E-state index in [-0.39, 0.29) is 0 Å². The number of amides is 1. The minimum absolute atomic E-state index is 0.304. The van der Waals surface area contributed by atoms with Crippen LogP contribution in [0.4, 0.5) is 5.69 Å². The Kier molecular flexibility index (Phi) is 4.37. The predicted molar refractivity (Wildman–Crippen MR) is 107 cm³/mol. The van der Waals surface area contributed by atoms with E-state index in [2.05, 4.69) is 15.5 Å².